The predicted molar refractivity (Wildman–Crippen MR) is 83.0 cm³/mol. The molecule has 6 nitrogen and oxygen atoms in total. The number of nitrogens with two attached hydrogens (primary N) is 1. The number of imide groups is 1. The number of aromatic nitrogens is 1. The Bertz CT molecular complexity index is 919. The summed E-state index contributed by atoms with van der Waals surface area (Å²) in [4.78, 5) is 35.7. The lowest BCUT2D eigenvalue weighted by Crippen LogP contribution is -2.24. The second kappa shape index (κ2) is 4.86. The van der Waals surface area contributed by atoms with E-state index >= 15 is 0 Å². The zero-order valence-electron chi connectivity index (χ0n) is 11.2. The molecule has 0 unspecified atom stereocenters. The van der Waals surface area contributed by atoms with Gasteiger partial charge in [0.1, 0.15) is 5.82 Å². The fraction of sp³-hybridized carbons (Fsp3) is 0.0714. The summed E-state index contributed by atoms with van der Waals surface area (Å²) >= 11 is 12.1. The molecule has 0 saturated heterocycles. The summed E-state index contributed by atoms with van der Waals surface area (Å²) < 4.78 is 1.09. The van der Waals surface area contributed by atoms with E-state index in [0.29, 0.717) is 16.3 Å². The molecule has 1 aromatic heterocycles. The van der Waals surface area contributed by atoms with Gasteiger partial charge in [-0.25, -0.2) is 0 Å². The summed E-state index contributed by atoms with van der Waals surface area (Å²) in [5, 5.41) is 2.74. The molecule has 112 valence electrons. The molecule has 0 radical (unpaired) electrons. The molecule has 0 fully saturated rings. The van der Waals surface area contributed by atoms with Crippen molar-refractivity contribution in [2.75, 3.05) is 5.73 Å². The first-order valence-electron chi connectivity index (χ1n) is 6.18. The van der Waals surface area contributed by atoms with Crippen molar-refractivity contribution in [3.05, 3.63) is 55.3 Å². The average molecular weight is 338 g/mol. The van der Waals surface area contributed by atoms with Gasteiger partial charge in [0.05, 0.1) is 21.8 Å². The van der Waals surface area contributed by atoms with E-state index in [-0.39, 0.29) is 22.0 Å². The van der Waals surface area contributed by atoms with Crippen molar-refractivity contribution in [1.29, 1.82) is 0 Å². The third kappa shape index (κ3) is 2.00. The van der Waals surface area contributed by atoms with Crippen molar-refractivity contribution in [2.24, 2.45) is 0 Å². The van der Waals surface area contributed by atoms with Crippen molar-refractivity contribution in [1.82, 2.24) is 9.88 Å². The van der Waals surface area contributed by atoms with Crippen LogP contribution in [-0.4, -0.2) is 16.4 Å². The highest BCUT2D eigenvalue weighted by atomic mass is 35.5. The SMILES string of the molecule is Cc1cc(-n2c(N)c3c(cc2=O)C(=O)NC3=O)c(Cl)cc1Cl. The molecule has 1 aromatic carbocycles. The van der Waals surface area contributed by atoms with E-state index in [9.17, 15) is 14.4 Å². The number of fused-ring (bicyclic) bond motifs is 1. The second-order valence-corrected chi connectivity index (χ2v) is 5.64. The van der Waals surface area contributed by atoms with E-state index in [1.807, 2.05) is 0 Å². The number of nitrogens with zero attached hydrogens (tertiary/aromatic N) is 1. The van der Waals surface area contributed by atoms with Gasteiger partial charge in [0.2, 0.25) is 0 Å². The summed E-state index contributed by atoms with van der Waals surface area (Å²) in [5.41, 5.74) is 6.28. The zero-order chi connectivity index (χ0) is 16.2. The molecule has 2 amide bonds. The molecule has 2 aromatic rings. The van der Waals surface area contributed by atoms with E-state index in [2.05, 4.69) is 5.32 Å². The number of hydrogen-bond donors (Lipinski definition) is 2. The first-order chi connectivity index (χ1) is 10.3. The van der Waals surface area contributed by atoms with Crippen molar-refractivity contribution < 1.29 is 9.59 Å². The zero-order valence-corrected chi connectivity index (χ0v) is 12.7. The molecule has 0 saturated carbocycles. The molecule has 0 atom stereocenters. The number of rotatable bonds is 1. The van der Waals surface area contributed by atoms with Crippen LogP contribution in [0.15, 0.2) is 23.0 Å². The third-order valence-corrected chi connectivity index (χ3v) is 4.13. The molecular weight excluding hydrogens is 329 g/mol. The Morgan fingerprint density at radius 3 is 2.41 bits per heavy atom. The Kier molecular flexibility index (Phi) is 3.23. The number of carbonyl (C=O) groups is 2. The van der Waals surface area contributed by atoms with Crippen LogP contribution in [-0.2, 0) is 0 Å². The molecule has 0 aliphatic carbocycles. The van der Waals surface area contributed by atoms with Crippen molar-refractivity contribution in [3.63, 3.8) is 0 Å². The lowest BCUT2D eigenvalue weighted by Gasteiger charge is -2.14. The van der Waals surface area contributed by atoms with E-state index in [0.717, 1.165) is 10.6 Å². The molecule has 3 N–H and O–H groups in total. The van der Waals surface area contributed by atoms with E-state index in [1.165, 1.54) is 6.07 Å². The third-order valence-electron chi connectivity index (χ3n) is 3.42. The van der Waals surface area contributed by atoms with Crippen LogP contribution in [0.2, 0.25) is 10.0 Å². The van der Waals surface area contributed by atoms with Gasteiger partial charge < -0.3 is 5.73 Å². The molecule has 0 bridgehead atoms. The normalized spacial score (nSPS) is 13.2. The van der Waals surface area contributed by atoms with Gasteiger partial charge in [-0.3, -0.25) is 24.3 Å². The molecule has 2 heterocycles. The number of nitrogens with one attached hydrogen (secondary N) is 1. The molecule has 8 heteroatoms. The van der Waals surface area contributed by atoms with E-state index < -0.39 is 17.4 Å². The van der Waals surface area contributed by atoms with Crippen molar-refractivity contribution >= 4 is 40.8 Å². The minimum absolute atomic E-state index is 0.0340. The maximum atomic E-state index is 12.3. The maximum absolute atomic E-state index is 12.3. The molecule has 3 rings (SSSR count). The van der Waals surface area contributed by atoms with E-state index in [4.69, 9.17) is 28.9 Å². The summed E-state index contributed by atoms with van der Waals surface area (Å²) in [5.74, 6) is -1.43. The second-order valence-electron chi connectivity index (χ2n) is 4.83. The van der Waals surface area contributed by atoms with Crippen LogP contribution in [0.3, 0.4) is 0 Å². The van der Waals surface area contributed by atoms with Crippen LogP contribution >= 0.6 is 23.2 Å². The van der Waals surface area contributed by atoms with Crippen LogP contribution in [0.1, 0.15) is 26.3 Å². The first kappa shape index (κ1) is 14.6. The fourth-order valence-electron chi connectivity index (χ4n) is 2.34. The van der Waals surface area contributed by atoms with Gasteiger partial charge in [-0.2, -0.15) is 0 Å². The summed E-state index contributed by atoms with van der Waals surface area (Å²) in [7, 11) is 0. The van der Waals surface area contributed by atoms with Gasteiger partial charge in [0.25, 0.3) is 17.4 Å². The Morgan fingerprint density at radius 2 is 1.73 bits per heavy atom. The van der Waals surface area contributed by atoms with Crippen LogP contribution in [0.25, 0.3) is 5.69 Å². The minimum Gasteiger partial charge on any atom is -0.384 e. The monoisotopic (exact) mass is 337 g/mol. The number of halogens is 2. The Labute approximate surface area is 134 Å². The smallest absolute Gasteiger partial charge is 0.262 e. The fourth-order valence-corrected chi connectivity index (χ4v) is 2.81. The largest absolute Gasteiger partial charge is 0.384 e. The summed E-state index contributed by atoms with van der Waals surface area (Å²) in [6.07, 6.45) is 0. The van der Waals surface area contributed by atoms with Crippen LogP contribution in [0, 0.1) is 6.92 Å². The lowest BCUT2D eigenvalue weighted by atomic mass is 10.1. The van der Waals surface area contributed by atoms with E-state index in [1.54, 1.807) is 13.0 Å². The molecule has 0 spiro atoms. The van der Waals surface area contributed by atoms with Gasteiger partial charge in [0.15, 0.2) is 0 Å². The molecule has 1 aliphatic heterocycles. The maximum Gasteiger partial charge on any atom is 0.262 e. The molecular formula is C14H9Cl2N3O3. The quantitative estimate of drug-likeness (QED) is 0.777. The van der Waals surface area contributed by atoms with Crippen LogP contribution in [0.5, 0.6) is 0 Å². The lowest BCUT2D eigenvalue weighted by molar-refractivity contribution is 0.0880. The van der Waals surface area contributed by atoms with Crippen LogP contribution in [0.4, 0.5) is 5.82 Å². The Hall–Kier alpha value is -2.31. The highest BCUT2D eigenvalue weighted by Crippen LogP contribution is 2.30. The predicted octanol–water partition coefficient (Wildman–Crippen LogP) is 1.92. The van der Waals surface area contributed by atoms with Gasteiger partial charge >= 0.3 is 0 Å². The highest BCUT2D eigenvalue weighted by Gasteiger charge is 2.32. The standard InChI is InChI=1S/C14H9Cl2N3O3/c1-5-2-9(8(16)4-7(5)15)19-10(20)3-6-11(12(19)17)14(22)18-13(6)21/h2-4H,17H2,1H3,(H,18,21,22). The van der Waals surface area contributed by atoms with Crippen molar-refractivity contribution in [2.45, 2.75) is 6.92 Å². The number of pyridine rings is 1. The first-order valence-corrected chi connectivity index (χ1v) is 6.94. The minimum atomic E-state index is -0.645. The van der Waals surface area contributed by atoms with Gasteiger partial charge in [-0.15, -0.1) is 0 Å². The van der Waals surface area contributed by atoms with Gasteiger partial charge in [0, 0.05) is 11.1 Å². The number of nitrogen functional groups attached to an aromatic ring is 1. The number of carbonyl (C=O) groups excluding carboxylic acids is 2. The van der Waals surface area contributed by atoms with Gasteiger partial charge in [-0.1, -0.05) is 23.2 Å². The molecule has 1 aliphatic rings. The topological polar surface area (TPSA) is 94.2 Å². The number of amides is 2. The number of aryl methyl sites for hydroxylation is 1. The highest BCUT2D eigenvalue weighted by molar-refractivity contribution is 6.36. The number of benzene rings is 1. The Morgan fingerprint density at radius 1 is 1.05 bits per heavy atom. The van der Waals surface area contributed by atoms with Crippen molar-refractivity contribution in [3.8, 4) is 5.69 Å². The molecule has 22 heavy (non-hydrogen) atoms. The van der Waals surface area contributed by atoms with Gasteiger partial charge in [-0.05, 0) is 24.6 Å². The van der Waals surface area contributed by atoms with Crippen LogP contribution < -0.4 is 16.6 Å². The summed E-state index contributed by atoms with van der Waals surface area (Å²) in [6.45, 7) is 1.74. The number of hydrogen-bond acceptors (Lipinski definition) is 4. The summed E-state index contributed by atoms with van der Waals surface area (Å²) in [6, 6.07) is 4.13. The number of anilines is 1. The Balaban J connectivity index is 2.37. The average Bonchev–Trinajstić information content (AvgIpc) is 2.70.